The van der Waals surface area contributed by atoms with E-state index in [0.717, 1.165) is 6.42 Å². The number of amides is 1. The molecule has 0 aromatic rings. The number of alkyl halides is 5. The Morgan fingerprint density at radius 1 is 1.29 bits per heavy atom. The van der Waals surface area contributed by atoms with Crippen LogP contribution < -0.4 is 5.32 Å². The number of hydrogen-bond acceptors (Lipinski definition) is 2. The molecule has 0 saturated heterocycles. The fourth-order valence-electron chi connectivity index (χ4n) is 1.51. The number of hydrogen-bond donors (Lipinski definition) is 1. The first-order valence-corrected chi connectivity index (χ1v) is 4.93. The smallest absolute Gasteiger partial charge is 0.376 e. The zero-order valence-electron chi connectivity index (χ0n) is 9.03. The van der Waals surface area contributed by atoms with Gasteiger partial charge in [0.2, 0.25) is 0 Å². The summed E-state index contributed by atoms with van der Waals surface area (Å²) in [4.78, 5) is 10.8. The van der Waals surface area contributed by atoms with Gasteiger partial charge in [-0.2, -0.15) is 22.0 Å². The number of nitrogens with one attached hydrogen (secondary N) is 1. The normalized spacial score (nSPS) is 19.6. The molecule has 17 heavy (non-hydrogen) atoms. The summed E-state index contributed by atoms with van der Waals surface area (Å²) in [5.41, 5.74) is -0.794. The van der Waals surface area contributed by atoms with Crippen LogP contribution in [0.25, 0.3) is 0 Å². The molecule has 0 atom stereocenters. The highest BCUT2D eigenvalue weighted by atomic mass is 19.4. The Morgan fingerprint density at radius 3 is 2.12 bits per heavy atom. The highest BCUT2D eigenvalue weighted by molar-refractivity contribution is 5.84. The minimum absolute atomic E-state index is 0.339. The van der Waals surface area contributed by atoms with Gasteiger partial charge in [-0.1, -0.05) is 0 Å². The average Bonchev–Trinajstić information content (AvgIpc) is 2.14. The summed E-state index contributed by atoms with van der Waals surface area (Å²) in [6, 6.07) is 0. The van der Waals surface area contributed by atoms with E-state index < -0.39 is 23.6 Å². The van der Waals surface area contributed by atoms with E-state index in [4.69, 9.17) is 4.74 Å². The van der Waals surface area contributed by atoms with Crippen molar-refractivity contribution in [2.75, 3.05) is 13.7 Å². The number of ether oxygens (including phenoxy) is 1. The predicted molar refractivity (Wildman–Crippen MR) is 47.6 cm³/mol. The maximum absolute atomic E-state index is 12.5. The topological polar surface area (TPSA) is 38.3 Å². The quantitative estimate of drug-likeness (QED) is 0.784. The van der Waals surface area contributed by atoms with E-state index in [1.54, 1.807) is 5.32 Å². The molecule has 0 heterocycles. The van der Waals surface area contributed by atoms with Crippen molar-refractivity contribution in [1.29, 1.82) is 0 Å². The summed E-state index contributed by atoms with van der Waals surface area (Å²) in [6.45, 7) is -0.339. The van der Waals surface area contributed by atoms with E-state index in [1.165, 1.54) is 7.11 Å². The third-order valence-electron chi connectivity index (χ3n) is 2.91. The second-order valence-electron chi connectivity index (χ2n) is 4.00. The van der Waals surface area contributed by atoms with Crippen molar-refractivity contribution < 1.29 is 31.5 Å². The Balaban J connectivity index is 2.55. The molecule has 0 bridgehead atoms. The van der Waals surface area contributed by atoms with Crippen molar-refractivity contribution in [3.8, 4) is 0 Å². The Kier molecular flexibility index (Phi) is 3.66. The molecule has 1 fully saturated rings. The van der Waals surface area contributed by atoms with Crippen LogP contribution in [-0.4, -0.2) is 37.3 Å². The van der Waals surface area contributed by atoms with Gasteiger partial charge in [-0.3, -0.25) is 4.79 Å². The number of carbonyl (C=O) groups excluding carboxylic acids is 1. The first kappa shape index (κ1) is 14.1. The largest absolute Gasteiger partial charge is 0.463 e. The zero-order chi connectivity index (χ0) is 13.3. The van der Waals surface area contributed by atoms with Gasteiger partial charge in [0.25, 0.3) is 5.91 Å². The van der Waals surface area contributed by atoms with E-state index >= 15 is 0 Å². The minimum Gasteiger partial charge on any atom is -0.376 e. The van der Waals surface area contributed by atoms with Gasteiger partial charge >= 0.3 is 12.1 Å². The lowest BCUT2D eigenvalue weighted by atomic mass is 9.80. The highest BCUT2D eigenvalue weighted by Crippen LogP contribution is 2.37. The van der Waals surface area contributed by atoms with Crippen LogP contribution >= 0.6 is 0 Å². The van der Waals surface area contributed by atoms with E-state index in [-0.39, 0.29) is 6.54 Å². The molecule has 0 aliphatic heterocycles. The summed E-state index contributed by atoms with van der Waals surface area (Å²) in [7, 11) is 1.33. The summed E-state index contributed by atoms with van der Waals surface area (Å²) in [5.74, 6) is -7.71. The summed E-state index contributed by atoms with van der Waals surface area (Å²) >= 11 is 0. The monoisotopic (exact) mass is 261 g/mol. The van der Waals surface area contributed by atoms with Gasteiger partial charge in [0, 0.05) is 13.7 Å². The molecule has 1 aliphatic carbocycles. The fraction of sp³-hybridized carbons (Fsp3) is 0.889. The fourth-order valence-corrected chi connectivity index (χ4v) is 1.51. The van der Waals surface area contributed by atoms with E-state index in [2.05, 4.69) is 0 Å². The number of carbonyl (C=O) groups is 1. The third-order valence-corrected chi connectivity index (χ3v) is 2.91. The third kappa shape index (κ3) is 2.67. The van der Waals surface area contributed by atoms with Crippen LogP contribution in [0.4, 0.5) is 22.0 Å². The molecule has 3 nitrogen and oxygen atoms in total. The second-order valence-corrected chi connectivity index (χ2v) is 4.00. The van der Waals surface area contributed by atoms with Crippen LogP contribution in [0.2, 0.25) is 0 Å². The molecule has 1 N–H and O–H groups in total. The summed E-state index contributed by atoms with van der Waals surface area (Å²) in [5, 5.41) is 1.59. The van der Waals surface area contributed by atoms with Gasteiger partial charge < -0.3 is 10.1 Å². The maximum Gasteiger partial charge on any atom is 0.463 e. The van der Waals surface area contributed by atoms with Crippen LogP contribution in [0, 0.1) is 0 Å². The molecule has 0 radical (unpaired) electrons. The minimum atomic E-state index is -5.88. The van der Waals surface area contributed by atoms with E-state index in [1.807, 2.05) is 0 Å². The van der Waals surface area contributed by atoms with Crippen molar-refractivity contribution in [2.45, 2.75) is 37.0 Å². The lowest BCUT2D eigenvalue weighted by molar-refractivity contribution is -0.270. The van der Waals surface area contributed by atoms with Gasteiger partial charge in [-0.25, -0.2) is 0 Å². The Bertz CT molecular complexity index is 293. The van der Waals surface area contributed by atoms with Crippen molar-refractivity contribution in [1.82, 2.24) is 5.32 Å². The first-order valence-electron chi connectivity index (χ1n) is 4.93. The molecule has 0 unspecified atom stereocenters. The van der Waals surface area contributed by atoms with Crippen molar-refractivity contribution in [3.63, 3.8) is 0 Å². The predicted octanol–water partition coefficient (Wildman–Crippen LogP) is 1.87. The average molecular weight is 261 g/mol. The second kappa shape index (κ2) is 4.40. The SMILES string of the molecule is COC1(CNC(=O)C(F)(F)C(F)(F)F)CCC1. The lowest BCUT2D eigenvalue weighted by Crippen LogP contribution is -2.56. The van der Waals surface area contributed by atoms with Crippen LogP contribution in [0.3, 0.4) is 0 Å². The molecule has 1 rings (SSSR count). The van der Waals surface area contributed by atoms with Crippen LogP contribution in [0.5, 0.6) is 0 Å². The van der Waals surface area contributed by atoms with Crippen molar-refractivity contribution in [2.24, 2.45) is 0 Å². The molecular formula is C9H12F5NO2. The van der Waals surface area contributed by atoms with Crippen LogP contribution in [0.15, 0.2) is 0 Å². The molecule has 0 aromatic carbocycles. The highest BCUT2D eigenvalue weighted by Gasteiger charge is 2.63. The van der Waals surface area contributed by atoms with Gasteiger partial charge in [0.1, 0.15) is 0 Å². The standard InChI is InChI=1S/C9H12F5NO2/c1-17-7(3-2-4-7)5-15-6(16)8(10,11)9(12,13)14/h2-5H2,1H3,(H,15,16). The van der Waals surface area contributed by atoms with Crippen LogP contribution in [-0.2, 0) is 9.53 Å². The molecule has 0 aromatic heterocycles. The van der Waals surface area contributed by atoms with E-state index in [9.17, 15) is 26.7 Å². The number of halogens is 5. The van der Waals surface area contributed by atoms with Gasteiger partial charge in [-0.15, -0.1) is 0 Å². The van der Waals surface area contributed by atoms with Gasteiger partial charge in [0.05, 0.1) is 5.60 Å². The molecule has 1 amide bonds. The maximum atomic E-state index is 12.5. The van der Waals surface area contributed by atoms with Crippen molar-refractivity contribution in [3.05, 3.63) is 0 Å². The Labute approximate surface area is 94.3 Å². The molecule has 0 spiro atoms. The zero-order valence-corrected chi connectivity index (χ0v) is 9.03. The van der Waals surface area contributed by atoms with Gasteiger partial charge in [0.15, 0.2) is 0 Å². The molecule has 8 heteroatoms. The Morgan fingerprint density at radius 2 is 1.82 bits per heavy atom. The summed E-state index contributed by atoms with van der Waals surface area (Å²) in [6.07, 6.45) is -4.03. The summed E-state index contributed by atoms with van der Waals surface area (Å²) < 4.78 is 65.6. The van der Waals surface area contributed by atoms with Crippen molar-refractivity contribution >= 4 is 5.91 Å². The molecule has 1 aliphatic rings. The van der Waals surface area contributed by atoms with Gasteiger partial charge in [-0.05, 0) is 19.3 Å². The first-order chi connectivity index (χ1) is 7.65. The molecule has 100 valence electrons. The lowest BCUT2D eigenvalue weighted by Gasteiger charge is -2.40. The number of methoxy groups -OCH3 is 1. The Hall–Kier alpha value is -0.920. The molecular weight excluding hydrogens is 249 g/mol. The van der Waals surface area contributed by atoms with Crippen LogP contribution in [0.1, 0.15) is 19.3 Å². The van der Waals surface area contributed by atoms with E-state index in [0.29, 0.717) is 12.8 Å². The molecule has 1 saturated carbocycles. The number of rotatable bonds is 4.